The average Bonchev–Trinajstić information content (AvgIpc) is 2.97. The molecule has 1 aromatic heterocycles. The zero-order chi connectivity index (χ0) is 14.0. The molecule has 6 nitrogen and oxygen atoms in total. The zero-order valence-electron chi connectivity index (χ0n) is 11.8. The Bertz CT molecular complexity index is 463. The van der Waals surface area contributed by atoms with Crippen molar-refractivity contribution in [3.8, 4) is 0 Å². The minimum Gasteiger partial charge on any atom is -0.395 e. The van der Waals surface area contributed by atoms with E-state index in [4.69, 9.17) is 10.5 Å². The van der Waals surface area contributed by atoms with Crippen molar-refractivity contribution in [2.75, 3.05) is 18.9 Å². The normalized spacial score (nSPS) is 20.5. The Morgan fingerprint density at radius 2 is 2.42 bits per heavy atom. The quantitative estimate of drug-likeness (QED) is 0.841. The smallest absolute Gasteiger partial charge is 0.271 e. The number of carbonyl (C=O) groups is 1. The van der Waals surface area contributed by atoms with Crippen LogP contribution >= 0.6 is 0 Å². The van der Waals surface area contributed by atoms with Gasteiger partial charge in [-0.05, 0) is 19.8 Å². The van der Waals surface area contributed by atoms with Crippen LogP contribution in [0.1, 0.15) is 36.5 Å². The predicted molar refractivity (Wildman–Crippen MR) is 72.9 cm³/mol. The third-order valence-electron chi connectivity index (χ3n) is 3.74. The van der Waals surface area contributed by atoms with Gasteiger partial charge in [-0.2, -0.15) is 5.10 Å². The van der Waals surface area contributed by atoms with Gasteiger partial charge in [0.05, 0.1) is 18.0 Å². The van der Waals surface area contributed by atoms with Crippen LogP contribution in [-0.4, -0.2) is 34.9 Å². The van der Waals surface area contributed by atoms with Crippen LogP contribution in [0.2, 0.25) is 0 Å². The topological polar surface area (TPSA) is 82.2 Å². The van der Waals surface area contributed by atoms with Crippen LogP contribution in [0.3, 0.4) is 0 Å². The largest absolute Gasteiger partial charge is 0.395 e. The van der Waals surface area contributed by atoms with Crippen LogP contribution in [0, 0.1) is 5.92 Å². The number of anilines is 1. The first-order chi connectivity index (χ1) is 9.04. The van der Waals surface area contributed by atoms with E-state index in [0.29, 0.717) is 23.9 Å². The lowest BCUT2D eigenvalue weighted by Gasteiger charge is -2.19. The number of nitrogen functional groups attached to an aromatic ring is 1. The third-order valence-corrected chi connectivity index (χ3v) is 3.74. The van der Waals surface area contributed by atoms with Gasteiger partial charge in [-0.3, -0.25) is 9.48 Å². The fourth-order valence-electron chi connectivity index (χ4n) is 2.47. The minimum absolute atomic E-state index is 0.0781. The first-order valence-electron chi connectivity index (χ1n) is 6.74. The molecule has 2 rings (SSSR count). The van der Waals surface area contributed by atoms with Gasteiger partial charge in [-0.1, -0.05) is 6.92 Å². The molecule has 2 unspecified atom stereocenters. The second kappa shape index (κ2) is 5.61. The zero-order valence-corrected chi connectivity index (χ0v) is 11.8. The lowest BCUT2D eigenvalue weighted by atomic mass is 10.0. The molecule has 0 bridgehead atoms. The van der Waals surface area contributed by atoms with Crippen LogP contribution in [-0.2, 0) is 18.2 Å². The van der Waals surface area contributed by atoms with Gasteiger partial charge in [-0.15, -0.1) is 0 Å². The number of nitrogens with one attached hydrogen (secondary N) is 1. The first-order valence-corrected chi connectivity index (χ1v) is 6.74. The van der Waals surface area contributed by atoms with E-state index in [1.807, 2.05) is 13.8 Å². The third kappa shape index (κ3) is 2.73. The highest BCUT2D eigenvalue weighted by molar-refractivity contribution is 5.98. The number of hydrogen-bond donors (Lipinski definition) is 2. The molecular weight excluding hydrogens is 244 g/mol. The number of ether oxygens (including phenoxy) is 1. The summed E-state index contributed by atoms with van der Waals surface area (Å²) >= 11 is 0. The molecule has 0 saturated carbocycles. The maximum absolute atomic E-state index is 12.3. The number of hydrogen-bond acceptors (Lipinski definition) is 4. The number of nitrogens with two attached hydrogens (primary N) is 1. The van der Waals surface area contributed by atoms with Crippen molar-refractivity contribution in [3.05, 3.63) is 11.4 Å². The SMILES string of the molecule is CCc1nn(C)c(C(=O)NC(C)C2CCOC2)c1N. The molecule has 0 aliphatic carbocycles. The highest BCUT2D eigenvalue weighted by Crippen LogP contribution is 2.19. The summed E-state index contributed by atoms with van der Waals surface area (Å²) in [5.41, 5.74) is 7.67. The Labute approximate surface area is 113 Å². The van der Waals surface area contributed by atoms with Crippen LogP contribution in [0.25, 0.3) is 0 Å². The van der Waals surface area contributed by atoms with Gasteiger partial charge < -0.3 is 15.8 Å². The standard InChI is InChI=1S/C13H22N4O2/c1-4-10-11(14)12(17(3)16-10)13(18)15-8(2)9-5-6-19-7-9/h8-9H,4-7,14H2,1-3H3,(H,15,18). The van der Waals surface area contributed by atoms with Crippen LogP contribution in [0.5, 0.6) is 0 Å². The van der Waals surface area contributed by atoms with Gasteiger partial charge in [-0.25, -0.2) is 0 Å². The van der Waals surface area contributed by atoms with Crippen molar-refractivity contribution in [1.29, 1.82) is 0 Å². The van der Waals surface area contributed by atoms with Gasteiger partial charge in [0.2, 0.25) is 0 Å². The number of rotatable bonds is 4. The van der Waals surface area contributed by atoms with Crippen molar-refractivity contribution >= 4 is 11.6 Å². The van der Waals surface area contributed by atoms with E-state index in [1.165, 1.54) is 0 Å². The van der Waals surface area contributed by atoms with Crippen molar-refractivity contribution < 1.29 is 9.53 Å². The second-order valence-electron chi connectivity index (χ2n) is 5.07. The fraction of sp³-hybridized carbons (Fsp3) is 0.692. The van der Waals surface area contributed by atoms with Crippen molar-refractivity contribution in [2.45, 2.75) is 32.7 Å². The van der Waals surface area contributed by atoms with Gasteiger partial charge in [0.15, 0.2) is 0 Å². The van der Waals surface area contributed by atoms with Crippen molar-refractivity contribution in [3.63, 3.8) is 0 Å². The van der Waals surface area contributed by atoms with Crippen LogP contribution in [0.4, 0.5) is 5.69 Å². The summed E-state index contributed by atoms with van der Waals surface area (Å²) in [6.07, 6.45) is 1.71. The van der Waals surface area contributed by atoms with Gasteiger partial charge in [0.1, 0.15) is 5.69 Å². The number of aryl methyl sites for hydroxylation is 2. The maximum Gasteiger partial charge on any atom is 0.271 e. The van der Waals surface area contributed by atoms with Gasteiger partial charge >= 0.3 is 0 Å². The lowest BCUT2D eigenvalue weighted by molar-refractivity contribution is 0.0913. The monoisotopic (exact) mass is 266 g/mol. The lowest BCUT2D eigenvalue weighted by Crippen LogP contribution is -2.39. The molecule has 6 heteroatoms. The second-order valence-corrected chi connectivity index (χ2v) is 5.07. The molecule has 1 amide bonds. The summed E-state index contributed by atoms with van der Waals surface area (Å²) in [7, 11) is 1.74. The van der Waals surface area contributed by atoms with Crippen molar-refractivity contribution in [2.24, 2.45) is 13.0 Å². The molecular formula is C13H22N4O2. The number of aromatic nitrogens is 2. The number of nitrogens with zero attached hydrogens (tertiary/aromatic N) is 2. The molecule has 0 spiro atoms. The van der Waals surface area contributed by atoms with Gasteiger partial charge in [0, 0.05) is 25.6 Å². The van der Waals surface area contributed by atoms with Crippen molar-refractivity contribution in [1.82, 2.24) is 15.1 Å². The Hall–Kier alpha value is -1.56. The van der Waals surface area contributed by atoms with Gasteiger partial charge in [0.25, 0.3) is 5.91 Å². The highest BCUT2D eigenvalue weighted by atomic mass is 16.5. The van der Waals surface area contributed by atoms with E-state index in [9.17, 15) is 4.79 Å². The average molecular weight is 266 g/mol. The predicted octanol–water partition coefficient (Wildman–Crippen LogP) is 0.719. The summed E-state index contributed by atoms with van der Waals surface area (Å²) in [5, 5.41) is 7.26. The molecule has 1 aliphatic rings. The minimum atomic E-state index is -0.161. The number of carbonyl (C=O) groups excluding carboxylic acids is 1. The molecule has 1 aliphatic heterocycles. The maximum atomic E-state index is 12.3. The first kappa shape index (κ1) is 13.9. The molecule has 0 radical (unpaired) electrons. The Kier molecular flexibility index (Phi) is 4.09. The molecule has 0 aromatic carbocycles. The van der Waals surface area contributed by atoms with Crippen LogP contribution in [0.15, 0.2) is 0 Å². The molecule has 106 valence electrons. The molecule has 1 fully saturated rings. The Morgan fingerprint density at radius 1 is 1.68 bits per heavy atom. The summed E-state index contributed by atoms with van der Waals surface area (Å²) < 4.78 is 6.90. The Morgan fingerprint density at radius 3 is 2.95 bits per heavy atom. The molecule has 19 heavy (non-hydrogen) atoms. The van der Waals surface area contributed by atoms with E-state index in [1.54, 1.807) is 11.7 Å². The van der Waals surface area contributed by atoms with E-state index < -0.39 is 0 Å². The van der Waals surface area contributed by atoms with E-state index >= 15 is 0 Å². The number of amides is 1. The molecule has 2 heterocycles. The van der Waals surface area contributed by atoms with E-state index in [-0.39, 0.29) is 11.9 Å². The molecule has 2 atom stereocenters. The highest BCUT2D eigenvalue weighted by Gasteiger charge is 2.26. The molecule has 1 saturated heterocycles. The molecule has 1 aromatic rings. The summed E-state index contributed by atoms with van der Waals surface area (Å²) in [6.45, 7) is 5.46. The van der Waals surface area contributed by atoms with Crippen LogP contribution < -0.4 is 11.1 Å². The summed E-state index contributed by atoms with van der Waals surface area (Å²) in [5.74, 6) is 0.218. The fourth-order valence-corrected chi connectivity index (χ4v) is 2.47. The Balaban J connectivity index is 2.09. The van der Waals surface area contributed by atoms with E-state index in [0.717, 1.165) is 25.1 Å². The summed E-state index contributed by atoms with van der Waals surface area (Å²) in [4.78, 5) is 12.3. The molecule has 3 N–H and O–H groups in total. The summed E-state index contributed by atoms with van der Waals surface area (Å²) in [6, 6.07) is 0.0781. The van der Waals surface area contributed by atoms with E-state index in [2.05, 4.69) is 10.4 Å².